The van der Waals surface area contributed by atoms with Crippen LogP contribution in [0.4, 0.5) is 5.82 Å². The summed E-state index contributed by atoms with van der Waals surface area (Å²) in [7, 11) is 0. The summed E-state index contributed by atoms with van der Waals surface area (Å²) in [4.78, 5) is 24.3. The molecule has 3 aromatic heterocycles. The molecule has 9 heteroatoms. The van der Waals surface area contributed by atoms with E-state index in [1.807, 2.05) is 13.0 Å². The molecule has 1 amide bonds. The van der Waals surface area contributed by atoms with E-state index in [4.69, 9.17) is 11.6 Å². The van der Waals surface area contributed by atoms with Crippen LogP contribution in [0.3, 0.4) is 0 Å². The maximum atomic E-state index is 12.0. The fraction of sp³-hybridized carbons (Fsp3) is 0.154. The first-order valence-electron chi connectivity index (χ1n) is 6.33. The Balaban J connectivity index is 1.67. The third kappa shape index (κ3) is 3.34. The van der Waals surface area contributed by atoms with Crippen molar-refractivity contribution >= 4 is 40.9 Å². The molecule has 3 rings (SSSR count). The highest BCUT2D eigenvalue weighted by Gasteiger charge is 2.09. The molecule has 0 aliphatic rings. The summed E-state index contributed by atoms with van der Waals surface area (Å²) in [5.74, 6) is 1.04. The Labute approximate surface area is 135 Å². The average Bonchev–Trinajstić information content (AvgIpc) is 2.95. The van der Waals surface area contributed by atoms with E-state index in [9.17, 15) is 4.79 Å². The standard InChI is InChI=1S/C13H11ClN6OS/c1-8-4-12(20-13(18-8)16-7-17-20)22-6-11(21)19-10-3-2-9(14)5-15-10/h2-5,7H,6H2,1H3,(H,15,19,21). The number of hydrogen-bond acceptors (Lipinski definition) is 6. The molecule has 112 valence electrons. The summed E-state index contributed by atoms with van der Waals surface area (Å²) in [6.45, 7) is 1.87. The Morgan fingerprint density at radius 1 is 1.41 bits per heavy atom. The van der Waals surface area contributed by atoms with Crippen LogP contribution in [0.25, 0.3) is 5.78 Å². The zero-order valence-electron chi connectivity index (χ0n) is 11.5. The molecule has 3 aromatic rings. The monoisotopic (exact) mass is 334 g/mol. The molecule has 0 aromatic carbocycles. The molecule has 0 spiro atoms. The number of aryl methyl sites for hydroxylation is 1. The van der Waals surface area contributed by atoms with E-state index in [1.165, 1.54) is 24.3 Å². The highest BCUT2D eigenvalue weighted by Crippen LogP contribution is 2.19. The van der Waals surface area contributed by atoms with Gasteiger partial charge in [-0.2, -0.15) is 14.6 Å². The van der Waals surface area contributed by atoms with Crippen LogP contribution in [0.2, 0.25) is 5.02 Å². The second kappa shape index (κ2) is 6.29. The first-order chi connectivity index (χ1) is 10.6. The summed E-state index contributed by atoms with van der Waals surface area (Å²) in [5, 5.41) is 8.13. The second-order valence-corrected chi connectivity index (χ2v) is 5.84. The van der Waals surface area contributed by atoms with E-state index < -0.39 is 0 Å². The van der Waals surface area contributed by atoms with Gasteiger partial charge >= 0.3 is 0 Å². The van der Waals surface area contributed by atoms with Crippen molar-refractivity contribution in [1.82, 2.24) is 24.6 Å². The smallest absolute Gasteiger partial charge is 0.253 e. The van der Waals surface area contributed by atoms with Gasteiger partial charge in [0.1, 0.15) is 17.2 Å². The van der Waals surface area contributed by atoms with E-state index >= 15 is 0 Å². The van der Waals surface area contributed by atoms with Gasteiger partial charge in [-0.1, -0.05) is 23.4 Å². The largest absolute Gasteiger partial charge is 0.310 e. The van der Waals surface area contributed by atoms with Crippen molar-refractivity contribution in [2.24, 2.45) is 0 Å². The molecule has 22 heavy (non-hydrogen) atoms. The lowest BCUT2D eigenvalue weighted by Gasteiger charge is -2.06. The van der Waals surface area contributed by atoms with Gasteiger partial charge in [-0.3, -0.25) is 4.79 Å². The number of carbonyl (C=O) groups excluding carboxylic acids is 1. The Hall–Kier alpha value is -2.19. The fourth-order valence-corrected chi connectivity index (χ4v) is 2.74. The molecule has 0 atom stereocenters. The molecule has 0 saturated carbocycles. The van der Waals surface area contributed by atoms with Gasteiger partial charge in [0.2, 0.25) is 5.91 Å². The number of rotatable bonds is 4. The molecule has 0 aliphatic heterocycles. The maximum Gasteiger partial charge on any atom is 0.253 e. The molecule has 0 saturated heterocycles. The summed E-state index contributed by atoms with van der Waals surface area (Å²) in [6, 6.07) is 5.18. The predicted molar refractivity (Wildman–Crippen MR) is 84.1 cm³/mol. The maximum absolute atomic E-state index is 12.0. The Morgan fingerprint density at radius 2 is 2.27 bits per heavy atom. The number of hydrogen-bond donors (Lipinski definition) is 1. The van der Waals surface area contributed by atoms with E-state index in [2.05, 4.69) is 25.4 Å². The van der Waals surface area contributed by atoms with Crippen LogP contribution in [0.15, 0.2) is 35.7 Å². The van der Waals surface area contributed by atoms with Crippen molar-refractivity contribution in [3.8, 4) is 0 Å². The van der Waals surface area contributed by atoms with Gasteiger partial charge in [-0.05, 0) is 25.1 Å². The lowest BCUT2D eigenvalue weighted by atomic mass is 10.4. The Bertz CT molecular complexity index is 819. The molecule has 0 aliphatic carbocycles. The molecule has 0 radical (unpaired) electrons. The second-order valence-electron chi connectivity index (χ2n) is 4.41. The molecule has 3 heterocycles. The first kappa shape index (κ1) is 14.7. The van der Waals surface area contributed by atoms with Crippen molar-refractivity contribution in [2.75, 3.05) is 11.1 Å². The summed E-state index contributed by atoms with van der Waals surface area (Å²) in [6.07, 6.45) is 2.92. The van der Waals surface area contributed by atoms with Gasteiger partial charge in [-0.25, -0.2) is 9.97 Å². The van der Waals surface area contributed by atoms with Gasteiger partial charge in [0, 0.05) is 11.9 Å². The first-order valence-corrected chi connectivity index (χ1v) is 7.70. The van der Waals surface area contributed by atoms with Crippen molar-refractivity contribution in [3.63, 3.8) is 0 Å². The predicted octanol–water partition coefficient (Wildman–Crippen LogP) is 2.21. The Morgan fingerprint density at radius 3 is 3.05 bits per heavy atom. The molecular formula is C13H11ClN6OS. The number of amides is 1. The minimum absolute atomic E-state index is 0.164. The third-order valence-corrected chi connectivity index (χ3v) is 3.91. The average molecular weight is 335 g/mol. The van der Waals surface area contributed by atoms with Crippen LogP contribution >= 0.6 is 23.4 Å². The van der Waals surface area contributed by atoms with Crippen molar-refractivity contribution in [2.45, 2.75) is 11.9 Å². The molecule has 0 unspecified atom stereocenters. The SMILES string of the molecule is Cc1cc(SCC(=O)Nc2ccc(Cl)cn2)n2ncnc2n1. The van der Waals surface area contributed by atoms with Gasteiger partial charge in [0.25, 0.3) is 5.78 Å². The van der Waals surface area contributed by atoms with E-state index in [1.54, 1.807) is 16.6 Å². The van der Waals surface area contributed by atoms with Crippen LogP contribution < -0.4 is 5.32 Å². The van der Waals surface area contributed by atoms with Gasteiger partial charge < -0.3 is 5.32 Å². The summed E-state index contributed by atoms with van der Waals surface area (Å²) < 4.78 is 1.60. The molecule has 0 fully saturated rings. The number of halogens is 1. The highest BCUT2D eigenvalue weighted by atomic mass is 35.5. The van der Waals surface area contributed by atoms with E-state index in [0.29, 0.717) is 16.6 Å². The lowest BCUT2D eigenvalue weighted by molar-refractivity contribution is -0.113. The molecule has 0 bridgehead atoms. The van der Waals surface area contributed by atoms with Crippen LogP contribution in [0.1, 0.15) is 5.69 Å². The number of nitrogens with one attached hydrogen (secondary N) is 1. The van der Waals surface area contributed by atoms with Gasteiger partial charge in [0.05, 0.1) is 10.8 Å². The fourth-order valence-electron chi connectivity index (χ4n) is 1.77. The molecule has 1 N–H and O–H groups in total. The normalized spacial score (nSPS) is 10.8. The van der Waals surface area contributed by atoms with E-state index in [0.717, 1.165) is 10.7 Å². The minimum atomic E-state index is -0.164. The number of fused-ring (bicyclic) bond motifs is 1. The lowest BCUT2D eigenvalue weighted by Crippen LogP contribution is -2.15. The van der Waals surface area contributed by atoms with E-state index in [-0.39, 0.29) is 11.7 Å². The zero-order valence-corrected chi connectivity index (χ0v) is 13.1. The van der Waals surface area contributed by atoms with Crippen molar-refractivity contribution in [3.05, 3.63) is 41.4 Å². The number of aromatic nitrogens is 5. The number of nitrogens with zero attached hydrogens (tertiary/aromatic N) is 5. The van der Waals surface area contributed by atoms with Gasteiger partial charge in [0.15, 0.2) is 0 Å². The minimum Gasteiger partial charge on any atom is -0.310 e. The van der Waals surface area contributed by atoms with Crippen LogP contribution in [-0.2, 0) is 4.79 Å². The number of carbonyl (C=O) groups is 1. The van der Waals surface area contributed by atoms with Crippen molar-refractivity contribution in [1.29, 1.82) is 0 Å². The zero-order chi connectivity index (χ0) is 15.5. The molecular weight excluding hydrogens is 324 g/mol. The number of pyridine rings is 1. The summed E-state index contributed by atoms with van der Waals surface area (Å²) in [5.41, 5.74) is 0.822. The number of anilines is 1. The third-order valence-electron chi connectivity index (χ3n) is 2.69. The van der Waals surface area contributed by atoms with Crippen LogP contribution in [-0.4, -0.2) is 36.2 Å². The van der Waals surface area contributed by atoms with Gasteiger partial charge in [-0.15, -0.1) is 0 Å². The quantitative estimate of drug-likeness (QED) is 0.581. The van der Waals surface area contributed by atoms with Crippen LogP contribution in [0.5, 0.6) is 0 Å². The van der Waals surface area contributed by atoms with Crippen LogP contribution in [0, 0.1) is 6.92 Å². The van der Waals surface area contributed by atoms with Crippen molar-refractivity contribution < 1.29 is 4.79 Å². The number of thioether (sulfide) groups is 1. The topological polar surface area (TPSA) is 85.1 Å². The Kier molecular flexibility index (Phi) is 4.21. The highest BCUT2D eigenvalue weighted by molar-refractivity contribution is 7.99. The molecule has 7 nitrogen and oxygen atoms in total. The summed E-state index contributed by atoms with van der Waals surface area (Å²) >= 11 is 7.10.